The molecule has 0 aromatic heterocycles. The molecular weight excluding hydrogens is 338 g/mol. The van der Waals surface area contributed by atoms with Gasteiger partial charge in [0.1, 0.15) is 6.04 Å². The molecular formula is C15H18BrNO4. The van der Waals surface area contributed by atoms with Gasteiger partial charge < -0.3 is 14.6 Å². The number of hydrogen-bond donors (Lipinski definition) is 1. The highest BCUT2D eigenvalue weighted by Crippen LogP contribution is 2.35. The van der Waals surface area contributed by atoms with Gasteiger partial charge in [-0.05, 0) is 17.7 Å². The number of carboxylic acids is 1. The van der Waals surface area contributed by atoms with Crippen LogP contribution in [0.25, 0.3) is 0 Å². The maximum atomic E-state index is 11.7. The van der Waals surface area contributed by atoms with Crippen LogP contribution in [0.4, 0.5) is 0 Å². The number of nitrogens with zero attached hydrogens (tertiary/aromatic N) is 1. The molecule has 6 heteroatoms. The van der Waals surface area contributed by atoms with Crippen LogP contribution in [0.3, 0.4) is 0 Å². The lowest BCUT2D eigenvalue weighted by Crippen LogP contribution is -2.47. The summed E-state index contributed by atoms with van der Waals surface area (Å²) in [6, 6.07) is 6.85. The molecule has 0 aliphatic carbocycles. The minimum Gasteiger partial charge on any atom is -0.480 e. The Morgan fingerprint density at radius 1 is 1.19 bits per heavy atom. The summed E-state index contributed by atoms with van der Waals surface area (Å²) < 4.78 is 12.3. The van der Waals surface area contributed by atoms with Gasteiger partial charge in [-0.25, -0.2) is 0 Å². The summed E-state index contributed by atoms with van der Waals surface area (Å²) in [6.45, 7) is 2.59. The first-order valence-electron chi connectivity index (χ1n) is 7.10. The smallest absolute Gasteiger partial charge is 0.325 e. The van der Waals surface area contributed by atoms with Crippen LogP contribution in [-0.4, -0.2) is 48.1 Å². The predicted octanol–water partition coefficient (Wildman–Crippen LogP) is 2.41. The largest absolute Gasteiger partial charge is 0.480 e. The number of carboxylic acid groups (broad SMARTS) is 1. The molecule has 1 aromatic carbocycles. The summed E-state index contributed by atoms with van der Waals surface area (Å²) >= 11 is 3.37. The first-order valence-corrected chi connectivity index (χ1v) is 7.89. The second-order valence-electron chi connectivity index (χ2n) is 5.44. The van der Waals surface area contributed by atoms with Gasteiger partial charge in [-0.3, -0.25) is 9.69 Å². The van der Waals surface area contributed by atoms with Crippen molar-refractivity contribution in [1.29, 1.82) is 0 Å². The van der Waals surface area contributed by atoms with Crippen molar-refractivity contribution in [1.82, 2.24) is 4.90 Å². The fourth-order valence-corrected chi connectivity index (χ4v) is 3.33. The van der Waals surface area contributed by atoms with Gasteiger partial charge in [-0.2, -0.15) is 0 Å². The van der Waals surface area contributed by atoms with E-state index < -0.39 is 17.8 Å². The lowest BCUT2D eigenvalue weighted by atomic mass is 9.98. The fraction of sp³-hybridized carbons (Fsp3) is 0.533. The second-order valence-corrected chi connectivity index (χ2v) is 6.35. The summed E-state index contributed by atoms with van der Waals surface area (Å²) in [7, 11) is 0. The first kappa shape index (κ1) is 15.0. The molecule has 1 N–H and O–H groups in total. The molecule has 2 aliphatic rings. The van der Waals surface area contributed by atoms with Crippen LogP contribution >= 0.6 is 15.9 Å². The van der Waals surface area contributed by atoms with Crippen molar-refractivity contribution < 1.29 is 19.4 Å². The third-order valence-electron chi connectivity index (χ3n) is 4.16. The monoisotopic (exact) mass is 355 g/mol. The Bertz CT molecular complexity index is 503. The van der Waals surface area contributed by atoms with Crippen LogP contribution < -0.4 is 0 Å². The number of benzene rings is 1. The number of piperidine rings is 1. The molecule has 2 fully saturated rings. The molecule has 0 saturated carbocycles. The molecule has 21 heavy (non-hydrogen) atoms. The molecule has 1 spiro atoms. The highest BCUT2D eigenvalue weighted by molar-refractivity contribution is 9.10. The lowest BCUT2D eigenvalue weighted by molar-refractivity contribution is -0.190. The van der Waals surface area contributed by atoms with Gasteiger partial charge in [0.05, 0.1) is 13.2 Å². The maximum Gasteiger partial charge on any atom is 0.325 e. The van der Waals surface area contributed by atoms with Gasteiger partial charge in [0, 0.05) is 30.4 Å². The molecule has 3 rings (SSSR count). The van der Waals surface area contributed by atoms with Crippen LogP contribution in [0.2, 0.25) is 0 Å². The van der Waals surface area contributed by atoms with E-state index in [-0.39, 0.29) is 0 Å². The van der Waals surface area contributed by atoms with E-state index in [1.165, 1.54) is 0 Å². The van der Waals surface area contributed by atoms with E-state index in [2.05, 4.69) is 15.9 Å². The lowest BCUT2D eigenvalue weighted by Gasteiger charge is -2.40. The van der Waals surface area contributed by atoms with E-state index in [1.54, 1.807) is 0 Å². The maximum absolute atomic E-state index is 11.7. The topological polar surface area (TPSA) is 59.0 Å². The van der Waals surface area contributed by atoms with Crippen LogP contribution in [-0.2, 0) is 14.3 Å². The van der Waals surface area contributed by atoms with Crippen molar-refractivity contribution in [2.45, 2.75) is 24.7 Å². The molecule has 5 nitrogen and oxygen atoms in total. The Balaban J connectivity index is 1.73. The summed E-state index contributed by atoms with van der Waals surface area (Å²) in [5, 5.41) is 9.59. The van der Waals surface area contributed by atoms with Crippen LogP contribution in [0, 0.1) is 0 Å². The van der Waals surface area contributed by atoms with Gasteiger partial charge in [0.15, 0.2) is 5.79 Å². The number of likely N-dealkylation sites (tertiary alicyclic amines) is 1. The molecule has 1 atom stereocenters. The van der Waals surface area contributed by atoms with Crippen molar-refractivity contribution in [3.63, 3.8) is 0 Å². The van der Waals surface area contributed by atoms with Crippen molar-refractivity contribution in [2.24, 2.45) is 0 Å². The van der Waals surface area contributed by atoms with Gasteiger partial charge in [-0.1, -0.05) is 28.1 Å². The van der Waals surface area contributed by atoms with Gasteiger partial charge in [-0.15, -0.1) is 0 Å². The van der Waals surface area contributed by atoms with Crippen LogP contribution in [0.15, 0.2) is 28.7 Å². The molecule has 1 aromatic rings. The average Bonchev–Trinajstić information content (AvgIpc) is 2.92. The highest BCUT2D eigenvalue weighted by atomic mass is 79.9. The number of ether oxygens (including phenoxy) is 2. The number of aliphatic carboxylic acids is 1. The Morgan fingerprint density at radius 3 is 2.29 bits per heavy atom. The molecule has 114 valence electrons. The van der Waals surface area contributed by atoms with Crippen molar-refractivity contribution >= 4 is 21.9 Å². The minimum atomic E-state index is -0.818. The molecule has 2 heterocycles. The van der Waals surface area contributed by atoms with E-state index >= 15 is 0 Å². The number of rotatable bonds is 3. The third-order valence-corrected chi connectivity index (χ3v) is 4.69. The van der Waals surface area contributed by atoms with E-state index in [1.807, 2.05) is 29.2 Å². The Kier molecular flexibility index (Phi) is 4.31. The van der Waals surface area contributed by atoms with E-state index in [0.29, 0.717) is 39.1 Å². The molecule has 1 unspecified atom stereocenters. The summed E-state index contributed by atoms with van der Waals surface area (Å²) in [4.78, 5) is 13.7. The molecule has 0 amide bonds. The Morgan fingerprint density at radius 2 is 1.76 bits per heavy atom. The first-order chi connectivity index (χ1) is 10.1. The zero-order valence-corrected chi connectivity index (χ0v) is 13.2. The number of halogens is 1. The Labute approximate surface area is 132 Å². The fourth-order valence-electron chi connectivity index (χ4n) is 3.06. The van der Waals surface area contributed by atoms with Gasteiger partial charge in [0.25, 0.3) is 0 Å². The van der Waals surface area contributed by atoms with Gasteiger partial charge >= 0.3 is 5.97 Å². The van der Waals surface area contributed by atoms with Crippen LogP contribution in [0.5, 0.6) is 0 Å². The quantitative estimate of drug-likeness (QED) is 0.902. The van der Waals surface area contributed by atoms with E-state index in [9.17, 15) is 9.90 Å². The highest BCUT2D eigenvalue weighted by Gasteiger charge is 2.42. The Hall–Kier alpha value is -0.950. The average molecular weight is 356 g/mol. The van der Waals surface area contributed by atoms with E-state index in [4.69, 9.17) is 9.47 Å². The van der Waals surface area contributed by atoms with Crippen molar-refractivity contribution in [3.05, 3.63) is 34.3 Å². The second kappa shape index (κ2) is 6.04. The summed E-state index contributed by atoms with van der Waals surface area (Å²) in [5.74, 6) is -1.29. The molecule has 0 radical (unpaired) electrons. The van der Waals surface area contributed by atoms with Crippen LogP contribution in [0.1, 0.15) is 24.4 Å². The zero-order valence-electron chi connectivity index (χ0n) is 11.6. The minimum absolute atomic E-state index is 0.473. The third kappa shape index (κ3) is 3.13. The van der Waals surface area contributed by atoms with Crippen molar-refractivity contribution in [2.75, 3.05) is 26.3 Å². The molecule has 0 bridgehead atoms. The molecule has 2 aliphatic heterocycles. The summed E-state index contributed by atoms with van der Waals surface area (Å²) in [6.07, 6.45) is 1.43. The normalized spacial score (nSPS) is 23.3. The summed E-state index contributed by atoms with van der Waals surface area (Å²) in [5.41, 5.74) is 0.801. The number of carbonyl (C=O) groups is 1. The standard InChI is InChI=1S/C15H18BrNO4/c16-12-3-1-11(2-4-12)13(14(18)19)17-7-5-15(6-8-17)20-9-10-21-15/h1-4,13H,5-10H2,(H,18,19). The van der Waals surface area contributed by atoms with E-state index in [0.717, 1.165) is 10.0 Å². The number of hydrogen-bond acceptors (Lipinski definition) is 4. The predicted molar refractivity (Wildman–Crippen MR) is 80.0 cm³/mol. The van der Waals surface area contributed by atoms with Gasteiger partial charge in [0.2, 0.25) is 0 Å². The molecule has 2 saturated heterocycles. The zero-order chi connectivity index (χ0) is 14.9. The van der Waals surface area contributed by atoms with Crippen molar-refractivity contribution in [3.8, 4) is 0 Å². The SMILES string of the molecule is O=C(O)C(c1ccc(Br)cc1)N1CCC2(CC1)OCCO2.